The molecule has 0 aromatic rings. The first-order valence-electron chi connectivity index (χ1n) is 20.9. The summed E-state index contributed by atoms with van der Waals surface area (Å²) < 4.78 is 17.1. The van der Waals surface area contributed by atoms with Gasteiger partial charge in [-0.15, -0.1) is 0 Å². The molecule has 0 bridgehead atoms. The first kappa shape index (κ1) is 48.8. The Bertz CT molecular complexity index is 895. The van der Waals surface area contributed by atoms with Gasteiger partial charge in [0.2, 0.25) is 0 Å². The highest BCUT2D eigenvalue weighted by atomic mass is 16.6. The average molecular weight is 722 g/mol. The van der Waals surface area contributed by atoms with E-state index in [9.17, 15) is 19.5 Å². The van der Waals surface area contributed by atoms with Gasteiger partial charge in [-0.25, -0.2) is 0 Å². The average Bonchev–Trinajstić information content (AvgIpc) is 3.08. The van der Waals surface area contributed by atoms with Gasteiger partial charge in [-0.2, -0.15) is 0 Å². The number of esters is 2. The number of unbranched alkanes of at least 4 members (excludes halogenated alkanes) is 19. The van der Waals surface area contributed by atoms with Crippen LogP contribution in [0.15, 0.2) is 24.3 Å². The van der Waals surface area contributed by atoms with E-state index in [4.69, 9.17) is 14.2 Å². The van der Waals surface area contributed by atoms with Crippen LogP contribution in [0.4, 0.5) is 0 Å². The zero-order valence-corrected chi connectivity index (χ0v) is 33.8. The topological polar surface area (TPSA) is 102 Å². The van der Waals surface area contributed by atoms with Gasteiger partial charge >= 0.3 is 11.9 Å². The van der Waals surface area contributed by atoms with Crippen molar-refractivity contribution < 1.29 is 38.2 Å². The van der Waals surface area contributed by atoms with Crippen molar-refractivity contribution in [3.05, 3.63) is 24.3 Å². The first-order valence-corrected chi connectivity index (χ1v) is 20.9. The highest BCUT2D eigenvalue weighted by molar-refractivity contribution is 5.70. The molecule has 0 amide bonds. The van der Waals surface area contributed by atoms with Crippen LogP contribution in [0.3, 0.4) is 0 Å². The number of nitrogens with zero attached hydrogens (tertiary/aromatic N) is 1. The molecule has 0 spiro atoms. The number of hydrogen-bond donors (Lipinski definition) is 0. The Morgan fingerprint density at radius 3 is 1.55 bits per heavy atom. The normalized spacial score (nSPS) is 13.2. The number of allylic oxidation sites excluding steroid dienone is 4. The lowest BCUT2D eigenvalue weighted by Gasteiger charge is -2.34. The Balaban J connectivity index is 4.36. The molecule has 0 saturated heterocycles. The van der Waals surface area contributed by atoms with Crippen molar-refractivity contribution in [1.82, 2.24) is 0 Å². The van der Waals surface area contributed by atoms with E-state index in [1.165, 1.54) is 96.3 Å². The Morgan fingerprint density at radius 1 is 0.588 bits per heavy atom. The lowest BCUT2D eigenvalue weighted by Crippen LogP contribution is -2.55. The predicted octanol–water partition coefficient (Wildman–Crippen LogP) is 9.58. The van der Waals surface area contributed by atoms with Crippen LogP contribution in [0, 0.1) is 0 Å². The molecule has 0 fully saturated rings. The molecule has 0 rings (SSSR count). The van der Waals surface area contributed by atoms with Gasteiger partial charge in [-0.3, -0.25) is 9.59 Å². The summed E-state index contributed by atoms with van der Waals surface area (Å²) in [6.45, 7) is 4.62. The van der Waals surface area contributed by atoms with Crippen molar-refractivity contribution in [1.29, 1.82) is 0 Å². The van der Waals surface area contributed by atoms with E-state index in [0.29, 0.717) is 12.8 Å². The molecule has 8 heteroatoms. The third-order valence-corrected chi connectivity index (χ3v) is 9.34. The third-order valence-electron chi connectivity index (χ3n) is 9.34. The van der Waals surface area contributed by atoms with Gasteiger partial charge in [0.25, 0.3) is 0 Å². The number of aliphatic carboxylic acids is 1. The van der Waals surface area contributed by atoms with Crippen LogP contribution in [0.1, 0.15) is 181 Å². The smallest absolute Gasteiger partial charge is 0.306 e. The van der Waals surface area contributed by atoms with E-state index in [0.717, 1.165) is 51.4 Å². The van der Waals surface area contributed by atoms with Crippen molar-refractivity contribution in [2.24, 2.45) is 0 Å². The molecule has 2 unspecified atom stereocenters. The van der Waals surface area contributed by atoms with E-state index in [2.05, 4.69) is 38.2 Å². The van der Waals surface area contributed by atoms with Crippen LogP contribution >= 0.6 is 0 Å². The van der Waals surface area contributed by atoms with Crippen LogP contribution < -0.4 is 5.11 Å². The Morgan fingerprint density at radius 2 is 1.04 bits per heavy atom. The number of carboxylic acids is 1. The minimum atomic E-state index is -1.13. The number of ether oxygens (including phenoxy) is 3. The molecule has 51 heavy (non-hydrogen) atoms. The molecule has 2 atom stereocenters. The quantitative estimate of drug-likeness (QED) is 0.0273. The zero-order chi connectivity index (χ0) is 37.8. The summed E-state index contributed by atoms with van der Waals surface area (Å²) >= 11 is 0. The standard InChI is InChI=1S/C43H79NO7/c1-6-8-10-12-14-16-18-19-20-21-22-23-24-26-28-30-32-34-42(46)51-39(37-49-36-35-40(43(47)48)44(3,4)5)38-50-41(45)33-31-29-27-25-17-15-13-11-9-7-2/h14,16,19-20,39-40H,6-13,15,17-18,21-38H2,1-5H3/b16-14-,20-19-. The molecule has 0 heterocycles. The van der Waals surface area contributed by atoms with Crippen LogP contribution in [-0.4, -0.2) is 75.5 Å². The zero-order valence-electron chi connectivity index (χ0n) is 33.8. The van der Waals surface area contributed by atoms with Gasteiger partial charge in [-0.05, 0) is 44.9 Å². The molecular weight excluding hydrogens is 642 g/mol. The van der Waals surface area contributed by atoms with Gasteiger partial charge < -0.3 is 28.6 Å². The van der Waals surface area contributed by atoms with Crippen molar-refractivity contribution in [3.8, 4) is 0 Å². The van der Waals surface area contributed by atoms with E-state index >= 15 is 0 Å². The molecule has 0 aromatic heterocycles. The number of likely N-dealkylation sites (N-methyl/N-ethyl adjacent to an activating group) is 1. The molecule has 8 nitrogen and oxygen atoms in total. The number of quaternary nitrogens is 1. The molecule has 298 valence electrons. The summed E-state index contributed by atoms with van der Waals surface area (Å²) in [6.07, 6.45) is 36.2. The third kappa shape index (κ3) is 33.4. The van der Waals surface area contributed by atoms with E-state index < -0.39 is 18.1 Å². The van der Waals surface area contributed by atoms with Gasteiger partial charge in [0.15, 0.2) is 6.10 Å². The second-order valence-electron chi connectivity index (χ2n) is 15.2. The fraction of sp³-hybridized carbons (Fsp3) is 0.837. The van der Waals surface area contributed by atoms with Crippen molar-refractivity contribution >= 4 is 17.9 Å². The summed E-state index contributed by atoms with van der Waals surface area (Å²) in [7, 11) is 5.40. The Hall–Kier alpha value is -2.19. The number of hydrogen-bond acceptors (Lipinski definition) is 7. The lowest BCUT2D eigenvalue weighted by molar-refractivity contribution is -0.889. The summed E-state index contributed by atoms with van der Waals surface area (Å²) in [5, 5.41) is 11.6. The molecule has 0 aliphatic rings. The van der Waals surface area contributed by atoms with E-state index in [1.807, 2.05) is 0 Å². The van der Waals surface area contributed by atoms with E-state index in [1.54, 1.807) is 21.1 Å². The molecule has 0 saturated carbocycles. The summed E-state index contributed by atoms with van der Waals surface area (Å²) in [6, 6.07) is -0.723. The summed E-state index contributed by atoms with van der Waals surface area (Å²) in [5.41, 5.74) is 0. The highest BCUT2D eigenvalue weighted by Crippen LogP contribution is 2.14. The lowest BCUT2D eigenvalue weighted by atomic mass is 10.1. The van der Waals surface area contributed by atoms with Crippen LogP contribution in [0.2, 0.25) is 0 Å². The maximum Gasteiger partial charge on any atom is 0.306 e. The fourth-order valence-corrected chi connectivity index (χ4v) is 6.04. The number of carbonyl (C=O) groups excluding carboxylic acids is 3. The first-order chi connectivity index (χ1) is 24.6. The second-order valence-corrected chi connectivity index (χ2v) is 15.2. The maximum absolute atomic E-state index is 12.7. The fourth-order valence-electron chi connectivity index (χ4n) is 6.04. The van der Waals surface area contributed by atoms with Crippen LogP contribution in [-0.2, 0) is 28.6 Å². The van der Waals surface area contributed by atoms with Crippen molar-refractivity contribution in [2.45, 2.75) is 193 Å². The van der Waals surface area contributed by atoms with Gasteiger partial charge in [0.05, 0.1) is 40.3 Å². The minimum absolute atomic E-state index is 0.0408. The predicted molar refractivity (Wildman–Crippen MR) is 208 cm³/mol. The number of carboxylic acid groups (broad SMARTS) is 1. The minimum Gasteiger partial charge on any atom is -0.544 e. The molecule has 0 aliphatic carbocycles. The second kappa shape index (κ2) is 34.9. The molecule has 0 radical (unpaired) electrons. The van der Waals surface area contributed by atoms with Crippen LogP contribution in [0.5, 0.6) is 0 Å². The largest absolute Gasteiger partial charge is 0.544 e. The van der Waals surface area contributed by atoms with Gasteiger partial charge in [-0.1, -0.05) is 141 Å². The number of rotatable bonds is 37. The highest BCUT2D eigenvalue weighted by Gasteiger charge is 2.25. The summed E-state index contributed by atoms with van der Waals surface area (Å²) in [5.74, 6) is -1.74. The molecule has 0 aliphatic heterocycles. The van der Waals surface area contributed by atoms with Gasteiger partial charge in [0.1, 0.15) is 12.6 Å². The maximum atomic E-state index is 12.7. The summed E-state index contributed by atoms with van der Waals surface area (Å²) in [4.78, 5) is 36.7. The molecule has 0 aromatic carbocycles. The SMILES string of the molecule is CCCCC/C=C\C/C=C\CCCCCCCCCC(=O)OC(COCCC(C(=O)[O-])[N+](C)(C)C)COC(=O)CCCCCCCCCCCC. The van der Waals surface area contributed by atoms with Crippen LogP contribution in [0.25, 0.3) is 0 Å². The van der Waals surface area contributed by atoms with E-state index in [-0.39, 0.29) is 42.7 Å². The molecule has 0 N–H and O–H groups in total. The monoisotopic (exact) mass is 722 g/mol. The van der Waals surface area contributed by atoms with Crippen molar-refractivity contribution in [2.75, 3.05) is 41.0 Å². The Kier molecular flexibility index (Phi) is 33.4. The molecular formula is C43H79NO7. The number of carbonyl (C=O) groups is 3. The Labute approximate surface area is 313 Å². The van der Waals surface area contributed by atoms with Gasteiger partial charge in [0, 0.05) is 19.3 Å². The van der Waals surface area contributed by atoms with Crippen molar-refractivity contribution in [3.63, 3.8) is 0 Å².